The van der Waals surface area contributed by atoms with Gasteiger partial charge in [0.1, 0.15) is 6.29 Å². The topological polar surface area (TPSA) is 17.1 Å². The van der Waals surface area contributed by atoms with Gasteiger partial charge in [0.05, 0.1) is 0 Å². The molecule has 0 saturated carbocycles. The summed E-state index contributed by atoms with van der Waals surface area (Å²) in [6.45, 7) is 6.46. The second-order valence-electron chi connectivity index (χ2n) is 4.72. The molecule has 1 aromatic rings. The number of carbonyl (C=O) groups is 1. The Balaban J connectivity index is 3.13. The third-order valence-corrected chi connectivity index (χ3v) is 2.90. The van der Waals surface area contributed by atoms with Crippen LogP contribution in [-0.2, 0) is 11.8 Å². The Morgan fingerprint density at radius 3 is 2.47 bits per heavy atom. The normalized spacial score (nSPS) is 11.5. The average molecular weight is 269 g/mol. The Morgan fingerprint density at radius 1 is 1.33 bits per heavy atom. The van der Waals surface area contributed by atoms with E-state index in [9.17, 15) is 4.79 Å². The maximum atomic E-state index is 11.0. The minimum atomic E-state index is 0.102. The van der Waals surface area contributed by atoms with Crippen LogP contribution in [0.1, 0.15) is 42.3 Å². The van der Waals surface area contributed by atoms with Gasteiger partial charge in [0.2, 0.25) is 0 Å². The van der Waals surface area contributed by atoms with Crippen LogP contribution in [0.2, 0.25) is 0 Å². The Morgan fingerprint density at radius 2 is 2.00 bits per heavy atom. The highest BCUT2D eigenvalue weighted by atomic mass is 79.9. The van der Waals surface area contributed by atoms with E-state index in [1.165, 1.54) is 5.56 Å². The van der Waals surface area contributed by atoms with E-state index in [0.29, 0.717) is 0 Å². The van der Waals surface area contributed by atoms with Gasteiger partial charge in [-0.05, 0) is 29.0 Å². The number of carbonyl (C=O) groups excluding carboxylic acids is 1. The summed E-state index contributed by atoms with van der Waals surface area (Å²) in [5.74, 6) is 0. The number of halogens is 1. The minimum absolute atomic E-state index is 0.102. The molecule has 0 atom stereocenters. The molecule has 0 aliphatic heterocycles. The highest BCUT2D eigenvalue weighted by molar-refractivity contribution is 9.09. The van der Waals surface area contributed by atoms with Crippen LogP contribution in [-0.4, -0.2) is 11.6 Å². The van der Waals surface area contributed by atoms with Gasteiger partial charge in [0, 0.05) is 10.9 Å². The van der Waals surface area contributed by atoms with Gasteiger partial charge in [-0.2, -0.15) is 0 Å². The molecule has 0 aromatic heterocycles. The first kappa shape index (κ1) is 12.4. The Bertz CT molecular complexity index is 350. The lowest BCUT2D eigenvalue weighted by atomic mass is 9.85. The smallest absolute Gasteiger partial charge is 0.150 e. The van der Waals surface area contributed by atoms with Crippen LogP contribution in [0.25, 0.3) is 0 Å². The molecule has 1 aromatic carbocycles. The minimum Gasteiger partial charge on any atom is -0.298 e. The third kappa shape index (κ3) is 3.16. The van der Waals surface area contributed by atoms with Crippen molar-refractivity contribution < 1.29 is 4.79 Å². The van der Waals surface area contributed by atoms with Crippen molar-refractivity contribution >= 4 is 22.2 Å². The number of hydrogen-bond acceptors (Lipinski definition) is 1. The number of aldehydes is 1. The summed E-state index contributed by atoms with van der Waals surface area (Å²) < 4.78 is 0. The predicted octanol–water partition coefficient (Wildman–Crippen LogP) is 3.73. The lowest BCUT2D eigenvalue weighted by Gasteiger charge is -2.20. The number of rotatable bonds is 3. The van der Waals surface area contributed by atoms with Crippen molar-refractivity contribution in [1.29, 1.82) is 0 Å². The Hall–Kier alpha value is -0.630. The highest BCUT2D eigenvalue weighted by Crippen LogP contribution is 2.24. The van der Waals surface area contributed by atoms with Crippen molar-refractivity contribution in [2.24, 2.45) is 0 Å². The molecule has 0 N–H and O–H groups in total. The zero-order valence-corrected chi connectivity index (χ0v) is 11.1. The van der Waals surface area contributed by atoms with E-state index < -0.39 is 0 Å². The van der Waals surface area contributed by atoms with Crippen LogP contribution in [0.5, 0.6) is 0 Å². The predicted molar refractivity (Wildman–Crippen MR) is 68.0 cm³/mol. The van der Waals surface area contributed by atoms with E-state index in [1.54, 1.807) is 0 Å². The first-order chi connectivity index (χ1) is 6.99. The summed E-state index contributed by atoms with van der Waals surface area (Å²) in [7, 11) is 0. The van der Waals surface area contributed by atoms with Crippen LogP contribution >= 0.6 is 15.9 Å². The molecule has 0 spiro atoms. The van der Waals surface area contributed by atoms with Crippen LogP contribution < -0.4 is 0 Å². The second-order valence-corrected chi connectivity index (χ2v) is 5.51. The van der Waals surface area contributed by atoms with Crippen molar-refractivity contribution in [3.8, 4) is 0 Å². The summed E-state index contributed by atoms with van der Waals surface area (Å²) >= 11 is 3.39. The molecule has 0 fully saturated rings. The van der Waals surface area contributed by atoms with Gasteiger partial charge in [-0.1, -0.05) is 48.8 Å². The molecular formula is C13H17BrO. The van der Waals surface area contributed by atoms with Crippen LogP contribution in [0.15, 0.2) is 18.2 Å². The summed E-state index contributed by atoms with van der Waals surface area (Å²) in [5, 5.41) is 0.892. The third-order valence-electron chi connectivity index (χ3n) is 2.50. The van der Waals surface area contributed by atoms with E-state index in [0.717, 1.165) is 29.2 Å². The number of aryl methyl sites for hydroxylation is 1. The van der Waals surface area contributed by atoms with Crippen LogP contribution in [0, 0.1) is 0 Å². The van der Waals surface area contributed by atoms with Gasteiger partial charge in [0.15, 0.2) is 0 Å². The number of alkyl halides is 1. The summed E-state index contributed by atoms with van der Waals surface area (Å²) in [5.41, 5.74) is 3.25. The molecule has 15 heavy (non-hydrogen) atoms. The number of benzene rings is 1. The molecule has 82 valence electrons. The zero-order chi connectivity index (χ0) is 11.5. The van der Waals surface area contributed by atoms with Gasteiger partial charge >= 0.3 is 0 Å². The Labute approximate surface area is 100 Å². The first-order valence-electron chi connectivity index (χ1n) is 5.13. The van der Waals surface area contributed by atoms with Crippen molar-refractivity contribution in [3.63, 3.8) is 0 Å². The molecule has 0 bridgehead atoms. The summed E-state index contributed by atoms with van der Waals surface area (Å²) in [4.78, 5) is 11.0. The molecule has 1 rings (SSSR count). The summed E-state index contributed by atoms with van der Waals surface area (Å²) in [6, 6.07) is 6.18. The zero-order valence-electron chi connectivity index (χ0n) is 9.51. The highest BCUT2D eigenvalue weighted by Gasteiger charge is 2.14. The molecule has 0 amide bonds. The fraction of sp³-hybridized carbons (Fsp3) is 0.462. The molecule has 0 aliphatic rings. The standard InChI is InChI=1S/C13H17BrO/c1-13(2,3)12-5-4-10(6-7-14)11(8-12)9-15/h4-5,8-9H,6-7H2,1-3H3. The quantitative estimate of drug-likeness (QED) is 0.603. The van der Waals surface area contributed by atoms with Crippen molar-refractivity contribution in [2.45, 2.75) is 32.6 Å². The monoisotopic (exact) mass is 268 g/mol. The van der Waals surface area contributed by atoms with Crippen molar-refractivity contribution in [2.75, 3.05) is 5.33 Å². The average Bonchev–Trinajstić information content (AvgIpc) is 2.17. The van der Waals surface area contributed by atoms with Gasteiger partial charge in [-0.3, -0.25) is 4.79 Å². The molecule has 0 heterocycles. The second kappa shape index (κ2) is 4.93. The van der Waals surface area contributed by atoms with E-state index >= 15 is 0 Å². The van der Waals surface area contributed by atoms with E-state index in [-0.39, 0.29) is 5.41 Å². The fourth-order valence-corrected chi connectivity index (χ4v) is 1.93. The largest absolute Gasteiger partial charge is 0.298 e. The Kier molecular flexibility index (Phi) is 4.09. The molecule has 0 unspecified atom stereocenters. The van der Waals surface area contributed by atoms with Gasteiger partial charge in [0.25, 0.3) is 0 Å². The molecule has 0 radical (unpaired) electrons. The van der Waals surface area contributed by atoms with Gasteiger partial charge in [-0.25, -0.2) is 0 Å². The van der Waals surface area contributed by atoms with E-state index in [2.05, 4.69) is 48.8 Å². The fourth-order valence-electron chi connectivity index (χ4n) is 1.50. The van der Waals surface area contributed by atoms with E-state index in [4.69, 9.17) is 0 Å². The molecule has 1 nitrogen and oxygen atoms in total. The van der Waals surface area contributed by atoms with Crippen LogP contribution in [0.4, 0.5) is 0 Å². The number of hydrogen-bond donors (Lipinski definition) is 0. The molecule has 0 saturated heterocycles. The molecular weight excluding hydrogens is 252 g/mol. The maximum Gasteiger partial charge on any atom is 0.150 e. The lowest BCUT2D eigenvalue weighted by Crippen LogP contribution is -2.12. The van der Waals surface area contributed by atoms with Crippen molar-refractivity contribution in [3.05, 3.63) is 34.9 Å². The van der Waals surface area contributed by atoms with Gasteiger partial charge < -0.3 is 0 Å². The lowest BCUT2D eigenvalue weighted by molar-refractivity contribution is 0.112. The van der Waals surface area contributed by atoms with Crippen LogP contribution in [0.3, 0.4) is 0 Å². The summed E-state index contributed by atoms with van der Waals surface area (Å²) in [6.07, 6.45) is 1.85. The van der Waals surface area contributed by atoms with Gasteiger partial charge in [-0.15, -0.1) is 0 Å². The first-order valence-corrected chi connectivity index (χ1v) is 6.25. The van der Waals surface area contributed by atoms with Crippen molar-refractivity contribution in [1.82, 2.24) is 0 Å². The molecule has 2 heteroatoms. The molecule has 0 aliphatic carbocycles. The maximum absolute atomic E-state index is 11.0. The SMILES string of the molecule is CC(C)(C)c1ccc(CCBr)c(C=O)c1. The van der Waals surface area contributed by atoms with E-state index in [1.807, 2.05) is 6.07 Å².